The molecule has 0 spiro atoms. The van der Waals surface area contributed by atoms with Gasteiger partial charge in [0, 0.05) is 26.1 Å². The Hall–Kier alpha value is -2.08. The molecular weight excluding hydrogens is 268 g/mol. The molecule has 0 aliphatic carbocycles. The molecule has 6 nitrogen and oxygen atoms in total. The lowest BCUT2D eigenvalue weighted by Crippen LogP contribution is -2.22. The third-order valence-corrected chi connectivity index (χ3v) is 3.51. The second kappa shape index (κ2) is 7.08. The van der Waals surface area contributed by atoms with E-state index in [1.165, 1.54) is 0 Å². The number of rotatable bonds is 7. The van der Waals surface area contributed by atoms with Gasteiger partial charge in [-0.15, -0.1) is 10.2 Å². The highest BCUT2D eigenvalue weighted by Gasteiger charge is 2.10. The number of nitrogens with zero attached hydrogens (tertiary/aromatic N) is 3. The van der Waals surface area contributed by atoms with Gasteiger partial charge in [-0.25, -0.2) is 0 Å². The van der Waals surface area contributed by atoms with Crippen LogP contribution in [0.1, 0.15) is 24.4 Å². The maximum absolute atomic E-state index is 5.33. The highest BCUT2D eigenvalue weighted by atomic mass is 16.5. The summed E-state index contributed by atoms with van der Waals surface area (Å²) in [5.41, 5.74) is 1.16. The second-order valence-electron chi connectivity index (χ2n) is 4.90. The van der Waals surface area contributed by atoms with Gasteiger partial charge in [0.05, 0.1) is 14.2 Å². The van der Waals surface area contributed by atoms with Crippen LogP contribution in [0.4, 0.5) is 0 Å². The van der Waals surface area contributed by atoms with Crippen LogP contribution in [0.3, 0.4) is 0 Å². The van der Waals surface area contributed by atoms with Crippen LogP contribution < -0.4 is 14.8 Å². The molecule has 0 bridgehead atoms. The van der Waals surface area contributed by atoms with Gasteiger partial charge in [-0.3, -0.25) is 0 Å². The van der Waals surface area contributed by atoms with Gasteiger partial charge in [-0.2, -0.15) is 0 Å². The van der Waals surface area contributed by atoms with E-state index in [1.807, 2.05) is 29.8 Å². The minimum Gasteiger partial charge on any atom is -0.493 e. The third kappa shape index (κ3) is 3.72. The Bertz CT molecular complexity index is 583. The summed E-state index contributed by atoms with van der Waals surface area (Å²) in [5, 5.41) is 11.4. The molecule has 1 aromatic heterocycles. The molecule has 1 aromatic carbocycles. The number of hydrogen-bond acceptors (Lipinski definition) is 5. The van der Waals surface area contributed by atoms with E-state index >= 15 is 0 Å². The molecule has 2 aromatic rings. The first-order valence-corrected chi connectivity index (χ1v) is 6.94. The quantitative estimate of drug-likeness (QED) is 0.841. The number of hydrogen-bond donors (Lipinski definition) is 1. The van der Waals surface area contributed by atoms with Crippen LogP contribution in [0.5, 0.6) is 11.5 Å². The Kier molecular flexibility index (Phi) is 5.16. The predicted octanol–water partition coefficient (Wildman–Crippen LogP) is 1.73. The van der Waals surface area contributed by atoms with Gasteiger partial charge in [0.15, 0.2) is 11.5 Å². The number of nitrogens with one attached hydrogen (secondary N) is 1. The first-order chi connectivity index (χ1) is 10.2. The van der Waals surface area contributed by atoms with Crippen molar-refractivity contribution in [3.63, 3.8) is 0 Å². The summed E-state index contributed by atoms with van der Waals surface area (Å²) in [6, 6.07) is 6.19. The van der Waals surface area contributed by atoms with Gasteiger partial charge in [0.2, 0.25) is 0 Å². The molecule has 2 rings (SSSR count). The van der Waals surface area contributed by atoms with E-state index < -0.39 is 0 Å². The number of aromatic nitrogens is 3. The van der Waals surface area contributed by atoms with Crippen LogP contribution >= 0.6 is 0 Å². The molecule has 1 unspecified atom stereocenters. The lowest BCUT2D eigenvalue weighted by atomic mass is 10.1. The van der Waals surface area contributed by atoms with Crippen LogP contribution in [-0.2, 0) is 13.5 Å². The molecular formula is C15H22N4O2. The van der Waals surface area contributed by atoms with Crippen molar-refractivity contribution in [2.75, 3.05) is 20.8 Å². The molecule has 0 radical (unpaired) electrons. The average molecular weight is 290 g/mol. The average Bonchev–Trinajstić information content (AvgIpc) is 2.91. The first-order valence-electron chi connectivity index (χ1n) is 6.94. The van der Waals surface area contributed by atoms with Crippen LogP contribution in [0.2, 0.25) is 0 Å². The van der Waals surface area contributed by atoms with Crippen molar-refractivity contribution in [1.82, 2.24) is 20.1 Å². The minimum absolute atomic E-state index is 0.220. The zero-order valence-corrected chi connectivity index (χ0v) is 13.0. The highest BCUT2D eigenvalue weighted by Crippen LogP contribution is 2.29. The predicted molar refractivity (Wildman–Crippen MR) is 80.7 cm³/mol. The Labute approximate surface area is 125 Å². The third-order valence-electron chi connectivity index (χ3n) is 3.51. The van der Waals surface area contributed by atoms with E-state index in [2.05, 4.69) is 22.4 Å². The number of benzene rings is 1. The summed E-state index contributed by atoms with van der Waals surface area (Å²) < 4.78 is 12.5. The van der Waals surface area contributed by atoms with Crippen LogP contribution in [-0.4, -0.2) is 35.5 Å². The molecule has 1 atom stereocenters. The highest BCUT2D eigenvalue weighted by molar-refractivity contribution is 5.43. The molecule has 0 aliphatic rings. The van der Waals surface area contributed by atoms with Crippen molar-refractivity contribution in [3.8, 4) is 11.5 Å². The summed E-state index contributed by atoms with van der Waals surface area (Å²) >= 11 is 0. The van der Waals surface area contributed by atoms with E-state index in [4.69, 9.17) is 9.47 Å². The normalized spacial score (nSPS) is 12.2. The summed E-state index contributed by atoms with van der Waals surface area (Å²) in [7, 11) is 5.24. The standard InChI is InChI=1S/C15H22N4O2/c1-11(16-8-7-15-18-17-10-19(15)2)12-5-6-13(20-3)14(9-12)21-4/h5-6,9-11,16H,7-8H2,1-4H3. The van der Waals surface area contributed by atoms with Gasteiger partial charge >= 0.3 is 0 Å². The minimum atomic E-state index is 0.220. The summed E-state index contributed by atoms with van der Waals surface area (Å²) in [6.45, 7) is 2.96. The molecule has 1 heterocycles. The Morgan fingerprint density at radius 3 is 2.62 bits per heavy atom. The van der Waals surface area contributed by atoms with E-state index in [0.717, 1.165) is 35.9 Å². The van der Waals surface area contributed by atoms with E-state index in [-0.39, 0.29) is 6.04 Å². The molecule has 0 aliphatic heterocycles. The lowest BCUT2D eigenvalue weighted by Gasteiger charge is -2.16. The second-order valence-corrected chi connectivity index (χ2v) is 4.90. The van der Waals surface area contributed by atoms with Gasteiger partial charge < -0.3 is 19.4 Å². The number of methoxy groups -OCH3 is 2. The van der Waals surface area contributed by atoms with E-state index in [1.54, 1.807) is 20.5 Å². The molecule has 0 amide bonds. The smallest absolute Gasteiger partial charge is 0.161 e. The fourth-order valence-electron chi connectivity index (χ4n) is 2.17. The van der Waals surface area contributed by atoms with Crippen LogP contribution in [0.15, 0.2) is 24.5 Å². The zero-order chi connectivity index (χ0) is 15.2. The molecule has 114 valence electrons. The fraction of sp³-hybridized carbons (Fsp3) is 0.467. The van der Waals surface area contributed by atoms with Crippen molar-refractivity contribution < 1.29 is 9.47 Å². The number of aryl methyl sites for hydroxylation is 1. The largest absolute Gasteiger partial charge is 0.493 e. The molecule has 21 heavy (non-hydrogen) atoms. The lowest BCUT2D eigenvalue weighted by molar-refractivity contribution is 0.354. The maximum atomic E-state index is 5.33. The molecule has 1 N–H and O–H groups in total. The van der Waals surface area contributed by atoms with Gasteiger partial charge in [0.25, 0.3) is 0 Å². The van der Waals surface area contributed by atoms with Crippen molar-refractivity contribution in [2.24, 2.45) is 7.05 Å². The fourth-order valence-corrected chi connectivity index (χ4v) is 2.17. The molecule has 0 saturated carbocycles. The monoisotopic (exact) mass is 290 g/mol. The van der Waals surface area contributed by atoms with Crippen molar-refractivity contribution >= 4 is 0 Å². The Morgan fingerprint density at radius 1 is 1.24 bits per heavy atom. The topological polar surface area (TPSA) is 61.2 Å². The van der Waals surface area contributed by atoms with Gasteiger partial charge in [-0.05, 0) is 24.6 Å². The van der Waals surface area contributed by atoms with Gasteiger partial charge in [-0.1, -0.05) is 6.07 Å². The zero-order valence-electron chi connectivity index (χ0n) is 13.0. The summed E-state index contributed by atoms with van der Waals surface area (Å²) in [5.74, 6) is 2.46. The molecule has 0 saturated heterocycles. The Morgan fingerprint density at radius 2 is 2.00 bits per heavy atom. The molecule has 0 fully saturated rings. The maximum Gasteiger partial charge on any atom is 0.161 e. The summed E-state index contributed by atoms with van der Waals surface area (Å²) in [4.78, 5) is 0. The SMILES string of the molecule is COc1ccc(C(C)NCCc2nncn2C)cc1OC. The van der Waals surface area contributed by atoms with E-state index in [9.17, 15) is 0 Å². The van der Waals surface area contributed by atoms with Crippen molar-refractivity contribution in [2.45, 2.75) is 19.4 Å². The molecule has 6 heteroatoms. The van der Waals surface area contributed by atoms with Crippen LogP contribution in [0, 0.1) is 0 Å². The first kappa shape index (κ1) is 15.3. The Balaban J connectivity index is 1.94. The number of ether oxygens (including phenoxy) is 2. The van der Waals surface area contributed by atoms with Crippen molar-refractivity contribution in [1.29, 1.82) is 0 Å². The van der Waals surface area contributed by atoms with Gasteiger partial charge in [0.1, 0.15) is 12.2 Å². The van der Waals surface area contributed by atoms with Crippen molar-refractivity contribution in [3.05, 3.63) is 35.9 Å². The van der Waals surface area contributed by atoms with Crippen LogP contribution in [0.25, 0.3) is 0 Å². The summed E-state index contributed by atoms with van der Waals surface area (Å²) in [6.07, 6.45) is 2.56. The van der Waals surface area contributed by atoms with E-state index in [0.29, 0.717) is 0 Å².